The zero-order chi connectivity index (χ0) is 11.4. The van der Waals surface area contributed by atoms with Gasteiger partial charge in [-0.2, -0.15) is 0 Å². The lowest BCUT2D eigenvalue weighted by Gasteiger charge is -2.17. The Bertz CT molecular complexity index is 256. The Morgan fingerprint density at radius 2 is 2.06 bits per heavy atom. The average molecular weight is 249 g/mol. The first-order valence-corrected chi connectivity index (χ1v) is 5.49. The molecule has 0 radical (unpaired) electrons. The normalized spacial score (nSPS) is 21.9. The molecule has 2 atom stereocenters. The molecule has 2 unspecified atom stereocenters. The van der Waals surface area contributed by atoms with Gasteiger partial charge in [0.05, 0.1) is 0 Å². The van der Waals surface area contributed by atoms with Crippen LogP contribution in [0.2, 0.25) is 0 Å². The highest BCUT2D eigenvalue weighted by atomic mass is 35.5. The molecule has 94 valence electrons. The van der Waals surface area contributed by atoms with E-state index in [1.807, 2.05) is 14.1 Å². The molecular formula is C11H21ClN2O2. The van der Waals surface area contributed by atoms with Crippen molar-refractivity contribution in [2.24, 2.45) is 11.8 Å². The van der Waals surface area contributed by atoms with E-state index in [2.05, 4.69) is 17.1 Å². The number of carbonyl (C=O) groups excluding carboxylic acids is 2. The molecule has 1 saturated heterocycles. The molecule has 1 N–H and O–H groups in total. The summed E-state index contributed by atoms with van der Waals surface area (Å²) in [5.74, 6) is -0.00197. The highest BCUT2D eigenvalue weighted by molar-refractivity contribution is 6.03. The molecule has 0 aromatic heterocycles. The average Bonchev–Trinajstić information content (AvgIpc) is 2.44. The van der Waals surface area contributed by atoms with E-state index in [4.69, 9.17) is 0 Å². The van der Waals surface area contributed by atoms with E-state index in [1.54, 1.807) is 0 Å². The minimum Gasteiger partial charge on any atom is -0.309 e. The monoisotopic (exact) mass is 248 g/mol. The standard InChI is InChI=1S/C11H20N2O2.ClH/c1-8(5-4-6-13(2)3)9-7-10(14)12-11(9)15;/h8-9H,4-7H2,1-3H3,(H,12,14,15);1H. The topological polar surface area (TPSA) is 49.4 Å². The highest BCUT2D eigenvalue weighted by Gasteiger charge is 2.34. The summed E-state index contributed by atoms with van der Waals surface area (Å²) in [5.41, 5.74) is 0. The Morgan fingerprint density at radius 1 is 1.44 bits per heavy atom. The van der Waals surface area contributed by atoms with Crippen LogP contribution in [0.5, 0.6) is 0 Å². The Labute approximate surface area is 103 Å². The van der Waals surface area contributed by atoms with Gasteiger partial charge in [0.15, 0.2) is 0 Å². The first-order valence-electron chi connectivity index (χ1n) is 5.49. The predicted molar refractivity (Wildman–Crippen MR) is 65.5 cm³/mol. The summed E-state index contributed by atoms with van der Waals surface area (Å²) in [7, 11) is 4.08. The third kappa shape index (κ3) is 4.49. The Kier molecular flexibility index (Phi) is 6.60. The molecule has 0 spiro atoms. The first kappa shape index (κ1) is 15.4. The summed E-state index contributed by atoms with van der Waals surface area (Å²) in [6.45, 7) is 3.09. The highest BCUT2D eigenvalue weighted by Crippen LogP contribution is 2.24. The third-order valence-electron chi connectivity index (χ3n) is 2.96. The fourth-order valence-corrected chi connectivity index (χ4v) is 1.96. The van der Waals surface area contributed by atoms with E-state index in [-0.39, 0.29) is 30.1 Å². The van der Waals surface area contributed by atoms with Crippen LogP contribution < -0.4 is 5.32 Å². The first-order chi connectivity index (χ1) is 7.00. The number of amides is 2. The van der Waals surface area contributed by atoms with E-state index >= 15 is 0 Å². The van der Waals surface area contributed by atoms with Crippen molar-refractivity contribution in [2.75, 3.05) is 20.6 Å². The second kappa shape index (κ2) is 6.86. The number of halogens is 1. The van der Waals surface area contributed by atoms with Crippen molar-refractivity contribution in [3.63, 3.8) is 0 Å². The van der Waals surface area contributed by atoms with Crippen LogP contribution in [0.25, 0.3) is 0 Å². The maximum atomic E-state index is 11.4. The lowest BCUT2D eigenvalue weighted by molar-refractivity contribution is -0.126. The van der Waals surface area contributed by atoms with Gasteiger partial charge < -0.3 is 4.90 Å². The van der Waals surface area contributed by atoms with Crippen LogP contribution in [0, 0.1) is 11.8 Å². The van der Waals surface area contributed by atoms with Crippen LogP contribution in [-0.4, -0.2) is 37.4 Å². The molecule has 5 heteroatoms. The van der Waals surface area contributed by atoms with Crippen molar-refractivity contribution < 1.29 is 9.59 Å². The molecule has 2 amide bonds. The largest absolute Gasteiger partial charge is 0.309 e. The summed E-state index contributed by atoms with van der Waals surface area (Å²) in [6, 6.07) is 0. The molecule has 1 aliphatic heterocycles. The van der Waals surface area contributed by atoms with Crippen LogP contribution in [0.15, 0.2) is 0 Å². The molecule has 0 aliphatic carbocycles. The Morgan fingerprint density at radius 3 is 2.50 bits per heavy atom. The van der Waals surface area contributed by atoms with Gasteiger partial charge in [-0.05, 0) is 39.4 Å². The molecule has 1 rings (SSSR count). The van der Waals surface area contributed by atoms with E-state index in [0.717, 1.165) is 19.4 Å². The van der Waals surface area contributed by atoms with Crippen molar-refractivity contribution in [3.05, 3.63) is 0 Å². The van der Waals surface area contributed by atoms with Crippen LogP contribution in [-0.2, 0) is 9.59 Å². The molecule has 0 saturated carbocycles. The van der Waals surface area contributed by atoms with Gasteiger partial charge in [-0.3, -0.25) is 14.9 Å². The zero-order valence-electron chi connectivity index (χ0n) is 10.2. The molecule has 1 fully saturated rings. The Hall–Kier alpha value is -0.610. The molecule has 0 aromatic carbocycles. The van der Waals surface area contributed by atoms with Gasteiger partial charge in [0.1, 0.15) is 0 Å². The fraction of sp³-hybridized carbons (Fsp3) is 0.818. The number of imide groups is 1. The van der Waals surface area contributed by atoms with Gasteiger partial charge in [0.25, 0.3) is 0 Å². The molecule has 0 aromatic rings. The van der Waals surface area contributed by atoms with Gasteiger partial charge in [-0.1, -0.05) is 6.92 Å². The maximum Gasteiger partial charge on any atom is 0.230 e. The van der Waals surface area contributed by atoms with Gasteiger partial charge >= 0.3 is 0 Å². The summed E-state index contributed by atoms with van der Waals surface area (Å²) in [4.78, 5) is 24.5. The molecular weight excluding hydrogens is 228 g/mol. The van der Waals surface area contributed by atoms with Crippen LogP contribution in [0.4, 0.5) is 0 Å². The van der Waals surface area contributed by atoms with Crippen molar-refractivity contribution >= 4 is 24.2 Å². The van der Waals surface area contributed by atoms with Crippen LogP contribution in [0.1, 0.15) is 26.2 Å². The van der Waals surface area contributed by atoms with E-state index < -0.39 is 0 Å². The summed E-state index contributed by atoms with van der Waals surface area (Å²) in [5, 5.41) is 2.36. The lowest BCUT2D eigenvalue weighted by Crippen LogP contribution is -2.25. The quantitative estimate of drug-likeness (QED) is 0.740. The SMILES string of the molecule is CC(CCCN(C)C)C1CC(=O)NC1=O.Cl. The molecule has 1 aliphatic rings. The molecule has 1 heterocycles. The van der Waals surface area contributed by atoms with E-state index in [9.17, 15) is 9.59 Å². The van der Waals surface area contributed by atoms with Gasteiger partial charge in [-0.15, -0.1) is 12.4 Å². The number of nitrogens with zero attached hydrogens (tertiary/aromatic N) is 1. The van der Waals surface area contributed by atoms with Crippen molar-refractivity contribution in [1.82, 2.24) is 10.2 Å². The van der Waals surface area contributed by atoms with Crippen LogP contribution >= 0.6 is 12.4 Å². The predicted octanol–water partition coefficient (Wildman–Crippen LogP) is 1.05. The lowest BCUT2D eigenvalue weighted by atomic mass is 9.89. The zero-order valence-corrected chi connectivity index (χ0v) is 11.0. The molecule has 16 heavy (non-hydrogen) atoms. The van der Waals surface area contributed by atoms with Crippen LogP contribution in [0.3, 0.4) is 0 Å². The van der Waals surface area contributed by atoms with E-state index in [0.29, 0.717) is 12.3 Å². The summed E-state index contributed by atoms with van der Waals surface area (Å²) in [6.07, 6.45) is 2.46. The maximum absolute atomic E-state index is 11.4. The minimum absolute atomic E-state index is 0. The van der Waals surface area contributed by atoms with Gasteiger partial charge in [-0.25, -0.2) is 0 Å². The second-order valence-corrected chi connectivity index (χ2v) is 4.65. The fourth-order valence-electron chi connectivity index (χ4n) is 1.96. The summed E-state index contributed by atoms with van der Waals surface area (Å²) < 4.78 is 0. The van der Waals surface area contributed by atoms with E-state index in [1.165, 1.54) is 0 Å². The third-order valence-corrected chi connectivity index (χ3v) is 2.96. The van der Waals surface area contributed by atoms with Gasteiger partial charge in [0, 0.05) is 12.3 Å². The van der Waals surface area contributed by atoms with Crippen molar-refractivity contribution in [3.8, 4) is 0 Å². The number of carbonyl (C=O) groups is 2. The summed E-state index contributed by atoms with van der Waals surface area (Å²) >= 11 is 0. The Balaban J connectivity index is 0.00000225. The van der Waals surface area contributed by atoms with Gasteiger partial charge in [0.2, 0.25) is 11.8 Å². The smallest absolute Gasteiger partial charge is 0.230 e. The number of rotatable bonds is 5. The van der Waals surface area contributed by atoms with Crippen molar-refractivity contribution in [2.45, 2.75) is 26.2 Å². The number of hydrogen-bond acceptors (Lipinski definition) is 3. The molecule has 0 bridgehead atoms. The minimum atomic E-state index is -0.121. The molecule has 4 nitrogen and oxygen atoms in total. The number of nitrogens with one attached hydrogen (secondary N) is 1. The number of hydrogen-bond donors (Lipinski definition) is 1. The second-order valence-electron chi connectivity index (χ2n) is 4.65. The van der Waals surface area contributed by atoms with Crippen molar-refractivity contribution in [1.29, 1.82) is 0 Å².